The molecule has 1 aromatic heterocycles. The van der Waals surface area contributed by atoms with E-state index in [1.807, 2.05) is 42.0 Å². The molecule has 0 fully saturated rings. The van der Waals surface area contributed by atoms with Crippen molar-refractivity contribution in [3.05, 3.63) is 30.5 Å². The summed E-state index contributed by atoms with van der Waals surface area (Å²) >= 11 is 0. The maximum Gasteiger partial charge on any atom is 0.304 e. The van der Waals surface area contributed by atoms with Gasteiger partial charge in [-0.3, -0.25) is 4.79 Å². The highest BCUT2D eigenvalue weighted by Gasteiger charge is 2.10. The average Bonchev–Trinajstić information content (AvgIpc) is 2.59. The second-order valence-electron chi connectivity index (χ2n) is 3.75. The number of anilines is 1. The van der Waals surface area contributed by atoms with E-state index in [-0.39, 0.29) is 12.2 Å². The Morgan fingerprint density at radius 3 is 2.88 bits per heavy atom. The molecule has 0 radical (unpaired) electrons. The van der Waals surface area contributed by atoms with Gasteiger partial charge in [0.2, 0.25) is 0 Å². The molecule has 0 aliphatic carbocycles. The van der Waals surface area contributed by atoms with E-state index in [2.05, 4.69) is 0 Å². The average molecular weight is 218 g/mol. The molecule has 4 nitrogen and oxygen atoms in total. The van der Waals surface area contributed by atoms with Gasteiger partial charge in [-0.2, -0.15) is 0 Å². The van der Waals surface area contributed by atoms with E-state index in [9.17, 15) is 4.79 Å². The molecule has 0 amide bonds. The molecule has 1 unspecified atom stereocenters. The monoisotopic (exact) mass is 218 g/mol. The quantitative estimate of drug-likeness (QED) is 0.621. The van der Waals surface area contributed by atoms with Crippen LogP contribution in [0.2, 0.25) is 0 Å². The number of fused-ring (bicyclic) bond motifs is 1. The molecule has 0 spiro atoms. The lowest BCUT2D eigenvalue weighted by atomic mass is 10.2. The van der Waals surface area contributed by atoms with Crippen LogP contribution in [0, 0.1) is 0 Å². The Morgan fingerprint density at radius 2 is 2.19 bits per heavy atom. The van der Waals surface area contributed by atoms with Gasteiger partial charge < -0.3 is 15.0 Å². The molecule has 1 aromatic carbocycles. The third kappa shape index (κ3) is 1.86. The van der Waals surface area contributed by atoms with Crippen LogP contribution in [0.3, 0.4) is 0 Å². The van der Waals surface area contributed by atoms with Crippen LogP contribution in [-0.4, -0.2) is 10.5 Å². The van der Waals surface area contributed by atoms with E-state index >= 15 is 0 Å². The lowest BCUT2D eigenvalue weighted by molar-refractivity contribution is -0.149. The van der Waals surface area contributed by atoms with Gasteiger partial charge in [0.15, 0.2) is 6.23 Å². The first-order valence-corrected chi connectivity index (χ1v) is 5.11. The second kappa shape index (κ2) is 3.89. The van der Waals surface area contributed by atoms with Crippen LogP contribution >= 0.6 is 0 Å². The Morgan fingerprint density at radius 1 is 1.44 bits per heavy atom. The number of benzene rings is 1. The van der Waals surface area contributed by atoms with Gasteiger partial charge in [0.1, 0.15) is 0 Å². The van der Waals surface area contributed by atoms with Crippen LogP contribution < -0.4 is 5.73 Å². The highest BCUT2D eigenvalue weighted by molar-refractivity contribution is 5.83. The van der Waals surface area contributed by atoms with E-state index in [1.165, 1.54) is 6.92 Å². The topological polar surface area (TPSA) is 57.2 Å². The summed E-state index contributed by atoms with van der Waals surface area (Å²) in [7, 11) is 0. The normalized spacial score (nSPS) is 12.6. The number of hydrogen-bond acceptors (Lipinski definition) is 3. The minimum absolute atomic E-state index is 0.293. The van der Waals surface area contributed by atoms with Crippen molar-refractivity contribution in [2.45, 2.75) is 20.1 Å². The van der Waals surface area contributed by atoms with Crippen LogP contribution in [0.15, 0.2) is 30.5 Å². The molecule has 16 heavy (non-hydrogen) atoms. The van der Waals surface area contributed by atoms with Crippen molar-refractivity contribution >= 4 is 22.6 Å². The number of nitrogens with two attached hydrogens (primary N) is 1. The SMILES string of the molecule is CC(=O)OC(C)n1ccc2ccc(N)cc21. The van der Waals surface area contributed by atoms with E-state index in [0.717, 1.165) is 10.9 Å². The number of carbonyl (C=O) groups is 1. The van der Waals surface area contributed by atoms with Gasteiger partial charge in [-0.05, 0) is 30.5 Å². The zero-order chi connectivity index (χ0) is 11.7. The molecule has 4 heteroatoms. The summed E-state index contributed by atoms with van der Waals surface area (Å²) in [5.41, 5.74) is 7.40. The second-order valence-corrected chi connectivity index (χ2v) is 3.75. The highest BCUT2D eigenvalue weighted by Crippen LogP contribution is 2.22. The van der Waals surface area contributed by atoms with Gasteiger partial charge >= 0.3 is 5.97 Å². The summed E-state index contributed by atoms with van der Waals surface area (Å²) in [6.45, 7) is 3.22. The summed E-state index contributed by atoms with van der Waals surface area (Å²) in [6, 6.07) is 7.63. The first kappa shape index (κ1) is 10.5. The van der Waals surface area contributed by atoms with Crippen molar-refractivity contribution in [1.29, 1.82) is 0 Å². The number of hydrogen-bond donors (Lipinski definition) is 1. The van der Waals surface area contributed by atoms with E-state index in [0.29, 0.717) is 5.69 Å². The predicted molar refractivity (Wildman–Crippen MR) is 62.8 cm³/mol. The van der Waals surface area contributed by atoms with Crippen LogP contribution in [0.25, 0.3) is 10.9 Å². The molecule has 2 N–H and O–H groups in total. The van der Waals surface area contributed by atoms with Gasteiger partial charge in [0.05, 0.1) is 5.52 Å². The zero-order valence-electron chi connectivity index (χ0n) is 9.31. The van der Waals surface area contributed by atoms with Gasteiger partial charge in [-0.25, -0.2) is 0 Å². The van der Waals surface area contributed by atoms with Crippen LogP contribution in [0.4, 0.5) is 5.69 Å². The largest absolute Gasteiger partial charge is 0.442 e. The van der Waals surface area contributed by atoms with E-state index < -0.39 is 0 Å². The fourth-order valence-electron chi connectivity index (χ4n) is 1.78. The van der Waals surface area contributed by atoms with Gasteiger partial charge in [-0.15, -0.1) is 0 Å². The van der Waals surface area contributed by atoms with E-state index in [4.69, 9.17) is 10.5 Å². The number of ether oxygens (including phenoxy) is 1. The van der Waals surface area contributed by atoms with Crippen molar-refractivity contribution < 1.29 is 9.53 Å². The molecule has 2 rings (SSSR count). The maximum absolute atomic E-state index is 10.9. The Balaban J connectivity index is 2.44. The minimum atomic E-state index is -0.322. The number of carbonyl (C=O) groups excluding carboxylic acids is 1. The van der Waals surface area contributed by atoms with Crippen molar-refractivity contribution in [3.63, 3.8) is 0 Å². The third-order valence-electron chi connectivity index (χ3n) is 2.48. The smallest absolute Gasteiger partial charge is 0.304 e. The van der Waals surface area contributed by atoms with Gasteiger partial charge in [-0.1, -0.05) is 6.07 Å². The first-order chi connectivity index (χ1) is 7.58. The molecule has 84 valence electrons. The molecule has 0 aliphatic heterocycles. The minimum Gasteiger partial charge on any atom is -0.442 e. The summed E-state index contributed by atoms with van der Waals surface area (Å²) in [5.74, 6) is -0.293. The number of aromatic nitrogens is 1. The third-order valence-corrected chi connectivity index (χ3v) is 2.48. The standard InChI is InChI=1S/C12H14N2O2/c1-8(16-9(2)15)14-6-5-10-3-4-11(13)7-12(10)14/h3-8H,13H2,1-2H3. The van der Waals surface area contributed by atoms with Crippen LogP contribution in [0.1, 0.15) is 20.1 Å². The molecule has 2 aromatic rings. The molecule has 0 aliphatic rings. The molecular weight excluding hydrogens is 204 g/mol. The lowest BCUT2D eigenvalue weighted by Crippen LogP contribution is -2.11. The Kier molecular flexibility index (Phi) is 2.56. The maximum atomic E-state index is 10.9. The predicted octanol–water partition coefficient (Wildman–Crippen LogP) is 2.31. The summed E-state index contributed by atoms with van der Waals surface area (Å²) in [4.78, 5) is 10.9. The highest BCUT2D eigenvalue weighted by atomic mass is 16.6. The van der Waals surface area contributed by atoms with Crippen LogP contribution in [-0.2, 0) is 9.53 Å². The van der Waals surface area contributed by atoms with Crippen molar-refractivity contribution in [3.8, 4) is 0 Å². The Labute approximate surface area is 93.6 Å². The fraction of sp³-hybridized carbons (Fsp3) is 0.250. The molecule has 1 atom stereocenters. The van der Waals surface area contributed by atoms with Gasteiger partial charge in [0, 0.05) is 18.8 Å². The Bertz CT molecular complexity index is 531. The van der Waals surface area contributed by atoms with Crippen molar-refractivity contribution in [2.75, 3.05) is 5.73 Å². The van der Waals surface area contributed by atoms with Crippen molar-refractivity contribution in [1.82, 2.24) is 4.57 Å². The molecule has 1 heterocycles. The number of rotatable bonds is 2. The molecule has 0 saturated heterocycles. The number of nitrogen functional groups attached to an aromatic ring is 1. The number of nitrogens with zero attached hydrogens (tertiary/aromatic N) is 1. The lowest BCUT2D eigenvalue weighted by Gasteiger charge is -2.15. The first-order valence-electron chi connectivity index (χ1n) is 5.11. The summed E-state index contributed by atoms with van der Waals surface area (Å²) in [5, 5.41) is 1.08. The van der Waals surface area contributed by atoms with Crippen molar-refractivity contribution in [2.24, 2.45) is 0 Å². The summed E-state index contributed by atoms with van der Waals surface area (Å²) in [6.07, 6.45) is 1.56. The van der Waals surface area contributed by atoms with E-state index in [1.54, 1.807) is 0 Å². The number of esters is 1. The fourth-order valence-corrected chi connectivity index (χ4v) is 1.78. The molecule has 0 saturated carbocycles. The zero-order valence-corrected chi connectivity index (χ0v) is 9.31. The Hall–Kier alpha value is -1.97. The molecular formula is C12H14N2O2. The van der Waals surface area contributed by atoms with Crippen LogP contribution in [0.5, 0.6) is 0 Å². The summed E-state index contributed by atoms with van der Waals surface area (Å²) < 4.78 is 7.01. The molecule has 0 bridgehead atoms. The van der Waals surface area contributed by atoms with Gasteiger partial charge in [0.25, 0.3) is 0 Å².